The Bertz CT molecular complexity index is 523. The van der Waals surface area contributed by atoms with Crippen molar-refractivity contribution in [2.75, 3.05) is 46.3 Å². The van der Waals surface area contributed by atoms with Gasteiger partial charge in [-0.15, -0.1) is 12.4 Å². The second-order valence-corrected chi connectivity index (χ2v) is 5.58. The summed E-state index contributed by atoms with van der Waals surface area (Å²) in [6.07, 6.45) is 1.86. The van der Waals surface area contributed by atoms with Gasteiger partial charge in [-0.25, -0.2) is 0 Å². The topological polar surface area (TPSA) is 86.1 Å². The van der Waals surface area contributed by atoms with E-state index in [0.717, 1.165) is 25.9 Å². The lowest BCUT2D eigenvalue weighted by molar-refractivity contribution is -0.117. The molecule has 1 heterocycles. The third-order valence-electron chi connectivity index (χ3n) is 3.95. The van der Waals surface area contributed by atoms with Crippen LogP contribution in [0.5, 0.6) is 17.2 Å². The number of rotatable bonds is 6. The van der Waals surface area contributed by atoms with E-state index in [1.165, 1.54) is 0 Å². The Labute approximate surface area is 148 Å². The molecule has 0 bridgehead atoms. The lowest BCUT2D eigenvalue weighted by Crippen LogP contribution is -2.43. The molecule has 0 atom stereocenters. The molecule has 0 radical (unpaired) electrons. The molecule has 1 amide bonds. The smallest absolute Gasteiger partial charge is 0.238 e. The fourth-order valence-corrected chi connectivity index (χ4v) is 2.67. The van der Waals surface area contributed by atoms with Crippen molar-refractivity contribution in [1.82, 2.24) is 4.90 Å². The minimum absolute atomic E-state index is 0. The monoisotopic (exact) mass is 359 g/mol. The highest BCUT2D eigenvalue weighted by atomic mass is 35.5. The highest BCUT2D eigenvalue weighted by Gasteiger charge is 2.19. The fourth-order valence-electron chi connectivity index (χ4n) is 2.67. The SMILES string of the molecule is COc1cc(NC(=O)CN2CCC(N)CC2)cc(OC)c1OC.Cl. The van der Waals surface area contributed by atoms with E-state index in [9.17, 15) is 4.79 Å². The zero-order valence-electron chi connectivity index (χ0n) is 14.3. The van der Waals surface area contributed by atoms with Crippen molar-refractivity contribution in [2.24, 2.45) is 5.73 Å². The Morgan fingerprint density at radius 1 is 1.17 bits per heavy atom. The first kappa shape index (κ1) is 20.3. The van der Waals surface area contributed by atoms with Gasteiger partial charge in [-0.2, -0.15) is 0 Å². The Morgan fingerprint density at radius 3 is 2.17 bits per heavy atom. The minimum atomic E-state index is -0.0743. The largest absolute Gasteiger partial charge is 0.493 e. The van der Waals surface area contributed by atoms with E-state index in [0.29, 0.717) is 29.5 Å². The minimum Gasteiger partial charge on any atom is -0.493 e. The summed E-state index contributed by atoms with van der Waals surface area (Å²) in [6.45, 7) is 2.05. The predicted octanol–water partition coefficient (Wildman–Crippen LogP) is 1.50. The van der Waals surface area contributed by atoms with Crippen LogP contribution >= 0.6 is 12.4 Å². The number of hydrogen-bond donors (Lipinski definition) is 2. The number of nitrogens with two attached hydrogens (primary N) is 1. The molecular weight excluding hydrogens is 334 g/mol. The molecule has 0 unspecified atom stereocenters. The molecule has 7 nitrogen and oxygen atoms in total. The van der Waals surface area contributed by atoms with Crippen molar-refractivity contribution < 1.29 is 19.0 Å². The van der Waals surface area contributed by atoms with E-state index < -0.39 is 0 Å². The van der Waals surface area contributed by atoms with Gasteiger partial charge in [0.2, 0.25) is 11.7 Å². The summed E-state index contributed by atoms with van der Waals surface area (Å²) in [5, 5.41) is 2.87. The van der Waals surface area contributed by atoms with Crippen LogP contribution in [0.25, 0.3) is 0 Å². The zero-order chi connectivity index (χ0) is 16.8. The van der Waals surface area contributed by atoms with Gasteiger partial charge in [0.05, 0.1) is 27.9 Å². The van der Waals surface area contributed by atoms with Crippen molar-refractivity contribution in [3.63, 3.8) is 0 Å². The number of nitrogens with zero attached hydrogens (tertiary/aromatic N) is 1. The molecular formula is C16H26ClN3O4. The van der Waals surface area contributed by atoms with E-state index >= 15 is 0 Å². The molecule has 0 aliphatic carbocycles. The van der Waals surface area contributed by atoms with Crippen LogP contribution in [-0.2, 0) is 4.79 Å². The molecule has 1 aromatic rings. The maximum Gasteiger partial charge on any atom is 0.238 e. The molecule has 1 aromatic carbocycles. The fraction of sp³-hybridized carbons (Fsp3) is 0.562. The number of likely N-dealkylation sites (tertiary alicyclic amines) is 1. The van der Waals surface area contributed by atoms with Crippen LogP contribution in [-0.4, -0.2) is 57.8 Å². The molecule has 3 N–H and O–H groups in total. The number of benzene rings is 1. The number of methoxy groups -OCH3 is 3. The van der Waals surface area contributed by atoms with Crippen LogP contribution < -0.4 is 25.3 Å². The van der Waals surface area contributed by atoms with Gasteiger partial charge in [-0.3, -0.25) is 9.69 Å². The van der Waals surface area contributed by atoms with Crippen molar-refractivity contribution in [3.8, 4) is 17.2 Å². The highest BCUT2D eigenvalue weighted by Crippen LogP contribution is 2.39. The lowest BCUT2D eigenvalue weighted by atomic mass is 10.1. The van der Waals surface area contributed by atoms with Gasteiger partial charge in [0.15, 0.2) is 11.5 Å². The summed E-state index contributed by atoms with van der Waals surface area (Å²) < 4.78 is 15.8. The van der Waals surface area contributed by atoms with Crippen LogP contribution in [0.15, 0.2) is 12.1 Å². The van der Waals surface area contributed by atoms with Gasteiger partial charge in [-0.05, 0) is 12.8 Å². The molecule has 136 valence electrons. The van der Waals surface area contributed by atoms with Crippen molar-refractivity contribution in [3.05, 3.63) is 12.1 Å². The average molecular weight is 360 g/mol. The van der Waals surface area contributed by atoms with E-state index in [-0.39, 0.29) is 24.4 Å². The van der Waals surface area contributed by atoms with E-state index in [2.05, 4.69) is 10.2 Å². The number of amides is 1. The number of piperidine rings is 1. The van der Waals surface area contributed by atoms with Crippen LogP contribution in [0.4, 0.5) is 5.69 Å². The average Bonchev–Trinajstić information content (AvgIpc) is 2.55. The van der Waals surface area contributed by atoms with Gasteiger partial charge < -0.3 is 25.3 Å². The number of nitrogens with one attached hydrogen (secondary N) is 1. The lowest BCUT2D eigenvalue weighted by Gasteiger charge is -2.29. The number of hydrogen-bond acceptors (Lipinski definition) is 6. The highest BCUT2D eigenvalue weighted by molar-refractivity contribution is 5.93. The summed E-state index contributed by atoms with van der Waals surface area (Å²) in [5.41, 5.74) is 6.49. The van der Waals surface area contributed by atoms with Crippen LogP contribution in [0.1, 0.15) is 12.8 Å². The van der Waals surface area contributed by atoms with Crippen molar-refractivity contribution >= 4 is 24.0 Å². The van der Waals surface area contributed by atoms with E-state index in [4.69, 9.17) is 19.9 Å². The van der Waals surface area contributed by atoms with Crippen LogP contribution in [0.3, 0.4) is 0 Å². The second kappa shape index (κ2) is 9.56. The number of ether oxygens (including phenoxy) is 3. The maximum absolute atomic E-state index is 12.2. The van der Waals surface area contributed by atoms with Crippen LogP contribution in [0, 0.1) is 0 Å². The number of carbonyl (C=O) groups is 1. The normalized spacial score (nSPS) is 15.3. The first-order valence-corrected chi connectivity index (χ1v) is 7.65. The first-order valence-electron chi connectivity index (χ1n) is 7.65. The summed E-state index contributed by atoms with van der Waals surface area (Å²) in [4.78, 5) is 14.3. The predicted molar refractivity (Wildman–Crippen MR) is 95.6 cm³/mol. The Morgan fingerprint density at radius 2 is 1.71 bits per heavy atom. The molecule has 1 fully saturated rings. The standard InChI is InChI=1S/C16H25N3O4.ClH/c1-21-13-8-12(9-14(22-2)16(13)23-3)18-15(20)10-19-6-4-11(17)5-7-19;/h8-9,11H,4-7,10,17H2,1-3H3,(H,18,20);1H. The number of anilines is 1. The Hall–Kier alpha value is -1.70. The first-order chi connectivity index (χ1) is 11.1. The molecule has 2 rings (SSSR count). The van der Waals surface area contributed by atoms with Gasteiger partial charge in [0.25, 0.3) is 0 Å². The summed E-state index contributed by atoms with van der Waals surface area (Å²) in [7, 11) is 4.62. The quantitative estimate of drug-likeness (QED) is 0.800. The molecule has 24 heavy (non-hydrogen) atoms. The Kier molecular flexibility index (Phi) is 8.10. The molecule has 0 saturated carbocycles. The Balaban J connectivity index is 0.00000288. The molecule has 0 spiro atoms. The molecule has 8 heteroatoms. The van der Waals surface area contributed by atoms with Crippen molar-refractivity contribution in [2.45, 2.75) is 18.9 Å². The summed E-state index contributed by atoms with van der Waals surface area (Å²) >= 11 is 0. The molecule has 1 saturated heterocycles. The zero-order valence-corrected chi connectivity index (χ0v) is 15.1. The third kappa shape index (κ3) is 5.15. The van der Waals surface area contributed by atoms with Gasteiger partial charge in [0, 0.05) is 37.0 Å². The second-order valence-electron chi connectivity index (χ2n) is 5.58. The van der Waals surface area contributed by atoms with Crippen molar-refractivity contribution in [1.29, 1.82) is 0 Å². The van der Waals surface area contributed by atoms with E-state index in [1.807, 2.05) is 0 Å². The van der Waals surface area contributed by atoms with E-state index in [1.54, 1.807) is 33.5 Å². The molecule has 0 aromatic heterocycles. The summed E-state index contributed by atoms with van der Waals surface area (Å²) in [5.74, 6) is 1.44. The number of halogens is 1. The van der Waals surface area contributed by atoms with Crippen LogP contribution in [0.2, 0.25) is 0 Å². The summed E-state index contributed by atoms with van der Waals surface area (Å²) in [6, 6.07) is 3.68. The molecule has 1 aliphatic rings. The number of carbonyl (C=O) groups excluding carboxylic acids is 1. The van der Waals surface area contributed by atoms with Gasteiger partial charge in [0.1, 0.15) is 0 Å². The van der Waals surface area contributed by atoms with Gasteiger partial charge >= 0.3 is 0 Å². The maximum atomic E-state index is 12.2. The van der Waals surface area contributed by atoms with Gasteiger partial charge in [-0.1, -0.05) is 0 Å². The third-order valence-corrected chi connectivity index (χ3v) is 3.95. The molecule has 1 aliphatic heterocycles.